The summed E-state index contributed by atoms with van der Waals surface area (Å²) in [5.74, 6) is -2.10. The number of carbonyl (C=O) groups is 2. The molecule has 4 aromatic heterocycles. The van der Waals surface area contributed by atoms with Crippen LogP contribution in [0.5, 0.6) is 0 Å². The Kier molecular flexibility index (Phi) is 9.58. The zero-order chi connectivity index (χ0) is 36.6. The molecule has 4 N–H and O–H groups in total. The van der Waals surface area contributed by atoms with Crippen molar-refractivity contribution in [2.24, 2.45) is 5.41 Å². The van der Waals surface area contributed by atoms with E-state index in [4.69, 9.17) is 0 Å². The number of halogens is 4. The molecular weight excluding hydrogens is 733 g/mol. The summed E-state index contributed by atoms with van der Waals surface area (Å²) in [5.41, 5.74) is 6.91. The molecule has 8 nitrogen and oxygen atoms in total. The predicted molar refractivity (Wildman–Crippen MR) is 199 cm³/mol. The standard InChI is InChI=1S/C21H20BrN3O.C19H14F3N3O/c1-21(2)11-15-18(16(26)12-21)20(24-14-6-4-3-5-7-14)19(25-15)13-8-9-23-17(22)10-13;20-10-3-1-4-11(7-10)24-19-17-14(5-2-6-15(17)26)25-18(19)16-12(21)8-23-9-13(16)22/h3-10,24-25H,11-12H2,1-2H3;1,3-4,7-9,24-25H,2,5-6H2. The van der Waals surface area contributed by atoms with Gasteiger partial charge in [0, 0.05) is 47.4 Å². The second kappa shape index (κ2) is 14.3. The minimum absolute atomic E-state index is 0.0327. The maximum absolute atomic E-state index is 14.3. The molecule has 0 saturated carbocycles. The number of fused-ring (bicyclic) bond motifs is 2. The van der Waals surface area contributed by atoms with Gasteiger partial charge in [0.15, 0.2) is 23.2 Å². The van der Waals surface area contributed by atoms with Crippen molar-refractivity contribution >= 4 is 50.2 Å². The fourth-order valence-electron chi connectivity index (χ4n) is 6.89. The summed E-state index contributed by atoms with van der Waals surface area (Å²) in [7, 11) is 0. The molecule has 0 atom stereocenters. The summed E-state index contributed by atoms with van der Waals surface area (Å²) in [6.07, 6.45) is 6.59. The molecular formula is C40H34BrF3N6O2. The number of Topliss-reactive ketones (excluding diaryl/α,β-unsaturated/α-hetero) is 2. The van der Waals surface area contributed by atoms with E-state index in [1.807, 2.05) is 42.5 Å². The quantitative estimate of drug-likeness (QED) is 0.125. The molecule has 2 aliphatic rings. The Bertz CT molecular complexity index is 2300. The summed E-state index contributed by atoms with van der Waals surface area (Å²) in [5, 5.41) is 6.43. The molecule has 2 aromatic carbocycles. The number of H-pyrrole nitrogens is 2. The van der Waals surface area contributed by atoms with Crippen molar-refractivity contribution in [2.45, 2.75) is 46.0 Å². The average Bonchev–Trinajstić information content (AvgIpc) is 3.63. The van der Waals surface area contributed by atoms with Crippen LogP contribution in [-0.4, -0.2) is 31.5 Å². The van der Waals surface area contributed by atoms with E-state index in [1.165, 1.54) is 18.2 Å². The van der Waals surface area contributed by atoms with Crippen LogP contribution < -0.4 is 10.6 Å². The highest BCUT2D eigenvalue weighted by atomic mass is 79.9. The van der Waals surface area contributed by atoms with Gasteiger partial charge in [0.25, 0.3) is 0 Å². The highest BCUT2D eigenvalue weighted by molar-refractivity contribution is 9.10. The highest BCUT2D eigenvalue weighted by Crippen LogP contribution is 2.44. The fourth-order valence-corrected chi connectivity index (χ4v) is 7.26. The van der Waals surface area contributed by atoms with Crippen molar-refractivity contribution in [2.75, 3.05) is 10.6 Å². The Labute approximate surface area is 306 Å². The van der Waals surface area contributed by atoms with Gasteiger partial charge in [-0.3, -0.25) is 14.6 Å². The number of nitrogens with one attached hydrogen (secondary N) is 4. The van der Waals surface area contributed by atoms with Gasteiger partial charge in [0.2, 0.25) is 0 Å². The third-order valence-corrected chi connectivity index (χ3v) is 9.53. The summed E-state index contributed by atoms with van der Waals surface area (Å²) < 4.78 is 42.9. The number of hydrogen-bond donors (Lipinski definition) is 4. The van der Waals surface area contributed by atoms with Crippen LogP contribution in [-0.2, 0) is 12.8 Å². The molecule has 0 unspecified atom stereocenters. The van der Waals surface area contributed by atoms with E-state index in [0.29, 0.717) is 42.6 Å². The first kappa shape index (κ1) is 34.9. The Hall–Kier alpha value is -5.49. The molecule has 52 heavy (non-hydrogen) atoms. The third kappa shape index (κ3) is 7.16. The number of hydrogen-bond acceptors (Lipinski definition) is 6. The zero-order valence-electron chi connectivity index (χ0n) is 28.3. The van der Waals surface area contributed by atoms with Gasteiger partial charge < -0.3 is 20.6 Å². The molecule has 0 aliphatic heterocycles. The molecule has 2 aliphatic carbocycles. The van der Waals surface area contributed by atoms with E-state index >= 15 is 0 Å². The predicted octanol–water partition coefficient (Wildman–Crippen LogP) is 10.5. The monoisotopic (exact) mass is 766 g/mol. The normalized spacial score (nSPS) is 14.6. The van der Waals surface area contributed by atoms with E-state index in [-0.39, 0.29) is 33.9 Å². The van der Waals surface area contributed by atoms with Gasteiger partial charge >= 0.3 is 0 Å². The number of pyridine rings is 2. The third-order valence-electron chi connectivity index (χ3n) is 9.09. The van der Waals surface area contributed by atoms with Crippen LogP contribution in [0.3, 0.4) is 0 Å². The number of para-hydroxylation sites is 1. The molecule has 4 heterocycles. The van der Waals surface area contributed by atoms with E-state index in [1.54, 1.807) is 12.3 Å². The summed E-state index contributed by atoms with van der Waals surface area (Å²) in [6.45, 7) is 4.28. The van der Waals surface area contributed by atoms with Crippen LogP contribution in [0.2, 0.25) is 0 Å². The van der Waals surface area contributed by atoms with Crippen LogP contribution in [0, 0.1) is 22.9 Å². The van der Waals surface area contributed by atoms with Crippen LogP contribution in [0.15, 0.2) is 89.9 Å². The van der Waals surface area contributed by atoms with Crippen molar-refractivity contribution in [1.29, 1.82) is 0 Å². The van der Waals surface area contributed by atoms with Crippen LogP contribution in [0.1, 0.15) is 65.2 Å². The van der Waals surface area contributed by atoms with Crippen molar-refractivity contribution in [3.63, 3.8) is 0 Å². The minimum atomic E-state index is -0.849. The number of anilines is 4. The molecule has 0 spiro atoms. The summed E-state index contributed by atoms with van der Waals surface area (Å²) >= 11 is 3.44. The van der Waals surface area contributed by atoms with Crippen LogP contribution in [0.4, 0.5) is 35.9 Å². The Morgan fingerprint density at radius 1 is 0.731 bits per heavy atom. The van der Waals surface area contributed by atoms with Gasteiger partial charge in [-0.05, 0) is 83.1 Å². The summed E-state index contributed by atoms with van der Waals surface area (Å²) in [4.78, 5) is 39.6. The van der Waals surface area contributed by atoms with Crippen molar-refractivity contribution in [1.82, 2.24) is 19.9 Å². The van der Waals surface area contributed by atoms with Crippen molar-refractivity contribution in [3.05, 3.63) is 130 Å². The Morgan fingerprint density at radius 3 is 2.13 bits per heavy atom. The SMILES string of the molecule is CC1(C)CC(=O)c2c([nH]c(-c3ccnc(Br)c3)c2Nc2ccccc2)C1.O=C1CCCc2[nH]c(-c3c(F)cncc3F)c(Nc3cccc(F)c3)c21. The average molecular weight is 768 g/mol. The van der Waals surface area contributed by atoms with E-state index in [0.717, 1.165) is 57.3 Å². The minimum Gasteiger partial charge on any atom is -0.356 e. The van der Waals surface area contributed by atoms with E-state index in [9.17, 15) is 22.8 Å². The number of benzene rings is 2. The molecule has 0 fully saturated rings. The van der Waals surface area contributed by atoms with Gasteiger partial charge in [-0.2, -0.15) is 0 Å². The first-order valence-electron chi connectivity index (χ1n) is 16.8. The van der Waals surface area contributed by atoms with Crippen molar-refractivity contribution < 1.29 is 22.8 Å². The molecule has 0 bridgehead atoms. The lowest BCUT2D eigenvalue weighted by atomic mass is 9.76. The Balaban J connectivity index is 0.000000162. The van der Waals surface area contributed by atoms with Crippen molar-refractivity contribution in [3.8, 4) is 22.5 Å². The topological polar surface area (TPSA) is 116 Å². The second-order valence-electron chi connectivity index (χ2n) is 13.6. The van der Waals surface area contributed by atoms with Crippen LogP contribution >= 0.6 is 15.9 Å². The first-order chi connectivity index (χ1) is 25.0. The lowest BCUT2D eigenvalue weighted by molar-refractivity contribution is 0.0911. The molecule has 0 saturated heterocycles. The zero-order valence-corrected chi connectivity index (χ0v) is 29.9. The number of aromatic amines is 2. The summed E-state index contributed by atoms with van der Waals surface area (Å²) in [6, 6.07) is 19.5. The molecule has 6 aromatic rings. The number of aryl methyl sites for hydroxylation is 1. The molecule has 12 heteroatoms. The molecule has 8 rings (SSSR count). The first-order valence-corrected chi connectivity index (χ1v) is 17.6. The Morgan fingerprint density at radius 2 is 1.40 bits per heavy atom. The number of carbonyl (C=O) groups excluding carboxylic acids is 2. The largest absolute Gasteiger partial charge is 0.356 e. The number of rotatable bonds is 6. The molecule has 0 amide bonds. The van der Waals surface area contributed by atoms with Gasteiger partial charge in [0.05, 0.1) is 51.8 Å². The van der Waals surface area contributed by atoms with Gasteiger partial charge in [-0.25, -0.2) is 18.2 Å². The molecule has 0 radical (unpaired) electrons. The van der Waals surface area contributed by atoms with Gasteiger partial charge in [0.1, 0.15) is 10.4 Å². The maximum atomic E-state index is 14.3. The lowest BCUT2D eigenvalue weighted by Gasteiger charge is -2.28. The maximum Gasteiger partial charge on any atom is 0.167 e. The molecule has 264 valence electrons. The number of ketones is 2. The van der Waals surface area contributed by atoms with E-state index < -0.39 is 17.5 Å². The second-order valence-corrected chi connectivity index (χ2v) is 14.5. The van der Waals surface area contributed by atoms with Gasteiger partial charge in [-0.15, -0.1) is 0 Å². The number of nitrogens with zero attached hydrogens (tertiary/aromatic N) is 2. The number of aromatic nitrogens is 4. The van der Waals surface area contributed by atoms with Gasteiger partial charge in [-0.1, -0.05) is 38.1 Å². The smallest absolute Gasteiger partial charge is 0.167 e. The fraction of sp³-hybridized carbons (Fsp3) is 0.200. The highest BCUT2D eigenvalue weighted by Gasteiger charge is 2.36. The van der Waals surface area contributed by atoms with E-state index in [2.05, 4.69) is 60.3 Å². The lowest BCUT2D eigenvalue weighted by Crippen LogP contribution is -2.26. The van der Waals surface area contributed by atoms with Crippen LogP contribution in [0.25, 0.3) is 22.5 Å².